The number of thioether (sulfide) groups is 1. The van der Waals surface area contributed by atoms with E-state index in [1.54, 1.807) is 17.6 Å². The highest BCUT2D eigenvalue weighted by Gasteiger charge is 2.51. The van der Waals surface area contributed by atoms with Gasteiger partial charge in [0.25, 0.3) is 5.91 Å². The number of rotatable bonds is 4. The molecule has 1 atom stereocenters. The van der Waals surface area contributed by atoms with Crippen LogP contribution in [0.15, 0.2) is 22.1 Å². The molecule has 2 fully saturated rings. The quantitative estimate of drug-likeness (QED) is 0.833. The van der Waals surface area contributed by atoms with Crippen LogP contribution in [0.1, 0.15) is 33.2 Å². The van der Waals surface area contributed by atoms with Crippen molar-refractivity contribution >= 4 is 29.0 Å². The predicted octanol–water partition coefficient (Wildman–Crippen LogP) is 3.27. The second-order valence-electron chi connectivity index (χ2n) is 6.58. The average molecular weight is 364 g/mol. The van der Waals surface area contributed by atoms with Crippen LogP contribution in [0.5, 0.6) is 0 Å². The minimum Gasteiger partial charge on any atom is -0.459 e. The molecular formula is C17H20N2O3S2. The van der Waals surface area contributed by atoms with Gasteiger partial charge in [-0.05, 0) is 26.3 Å². The maximum atomic E-state index is 12.4. The predicted molar refractivity (Wildman–Crippen MR) is 94.6 cm³/mol. The lowest BCUT2D eigenvalue weighted by atomic mass is 9.92. The highest BCUT2D eigenvalue weighted by Crippen LogP contribution is 2.46. The number of likely N-dealkylation sites (tertiary alicyclic amines) is 1. The lowest BCUT2D eigenvalue weighted by Gasteiger charge is -2.47. The largest absolute Gasteiger partial charge is 0.459 e. The Balaban J connectivity index is 1.28. The van der Waals surface area contributed by atoms with E-state index >= 15 is 0 Å². The van der Waals surface area contributed by atoms with E-state index in [2.05, 4.69) is 10.4 Å². The van der Waals surface area contributed by atoms with Gasteiger partial charge in [0.05, 0.1) is 34.4 Å². The van der Waals surface area contributed by atoms with Gasteiger partial charge in [-0.1, -0.05) is 0 Å². The van der Waals surface area contributed by atoms with Gasteiger partial charge in [0.1, 0.15) is 0 Å². The molecule has 24 heavy (non-hydrogen) atoms. The summed E-state index contributed by atoms with van der Waals surface area (Å²) in [6, 6.07) is 1.83. The van der Waals surface area contributed by atoms with E-state index in [4.69, 9.17) is 9.15 Å². The molecule has 0 bridgehead atoms. The number of furan rings is 1. The maximum absolute atomic E-state index is 12.4. The Labute approximate surface area is 149 Å². The molecule has 2 saturated heterocycles. The molecule has 2 aliphatic rings. The van der Waals surface area contributed by atoms with Crippen molar-refractivity contribution in [3.63, 3.8) is 0 Å². The third-order valence-corrected chi connectivity index (χ3v) is 7.01. The highest BCUT2D eigenvalue weighted by atomic mass is 32.2. The maximum Gasteiger partial charge on any atom is 0.289 e. The van der Waals surface area contributed by atoms with Gasteiger partial charge in [0.15, 0.2) is 5.76 Å². The number of amides is 1. The van der Waals surface area contributed by atoms with Crippen LogP contribution < -0.4 is 0 Å². The van der Waals surface area contributed by atoms with E-state index in [9.17, 15) is 4.79 Å². The van der Waals surface area contributed by atoms with Crippen LogP contribution in [-0.2, 0) is 11.3 Å². The van der Waals surface area contributed by atoms with Gasteiger partial charge in [0.2, 0.25) is 0 Å². The highest BCUT2D eigenvalue weighted by molar-refractivity contribution is 8.01. The van der Waals surface area contributed by atoms with E-state index in [1.807, 2.05) is 36.6 Å². The summed E-state index contributed by atoms with van der Waals surface area (Å²) < 4.78 is 11.5. The first-order valence-corrected chi connectivity index (χ1v) is 9.91. The second kappa shape index (κ2) is 6.20. The van der Waals surface area contributed by atoms with E-state index < -0.39 is 0 Å². The second-order valence-corrected chi connectivity index (χ2v) is 9.13. The summed E-state index contributed by atoms with van der Waals surface area (Å²) in [5.74, 6) is 1.47. The Morgan fingerprint density at radius 1 is 1.50 bits per heavy atom. The third-order valence-electron chi connectivity index (χ3n) is 4.61. The van der Waals surface area contributed by atoms with Gasteiger partial charge in [-0.25, -0.2) is 4.98 Å². The van der Waals surface area contributed by atoms with Crippen molar-refractivity contribution in [3.05, 3.63) is 39.7 Å². The van der Waals surface area contributed by atoms with E-state index in [-0.39, 0.29) is 16.8 Å². The van der Waals surface area contributed by atoms with E-state index in [1.165, 1.54) is 0 Å². The number of hydrogen-bond donors (Lipinski definition) is 0. The number of ether oxygens (including phenoxy) is 1. The van der Waals surface area contributed by atoms with Crippen LogP contribution in [-0.4, -0.2) is 45.5 Å². The van der Waals surface area contributed by atoms with Gasteiger partial charge in [-0.2, -0.15) is 0 Å². The number of aromatic nitrogens is 1. The monoisotopic (exact) mass is 364 g/mol. The standard InChI is InChI=1S/C17H20N2O3S2/c1-11-3-4-21-15(11)16(20)19-9-17(10-19)5-14(8-24-17)22-6-13-7-23-12(2)18-13/h3-4,7,14H,5-6,8-10H2,1-2H3. The van der Waals surface area contributed by atoms with Gasteiger partial charge in [-0.3, -0.25) is 4.79 Å². The van der Waals surface area contributed by atoms with Crippen molar-refractivity contribution in [1.82, 2.24) is 9.88 Å². The summed E-state index contributed by atoms with van der Waals surface area (Å²) in [5.41, 5.74) is 1.92. The van der Waals surface area contributed by atoms with Gasteiger partial charge >= 0.3 is 0 Å². The molecule has 7 heteroatoms. The molecule has 2 aromatic heterocycles. The zero-order chi connectivity index (χ0) is 16.7. The number of nitrogens with zero attached hydrogens (tertiary/aromatic N) is 2. The Morgan fingerprint density at radius 2 is 2.33 bits per heavy atom. The van der Waals surface area contributed by atoms with Gasteiger partial charge in [-0.15, -0.1) is 23.1 Å². The van der Waals surface area contributed by atoms with Crippen LogP contribution in [0.4, 0.5) is 0 Å². The average Bonchev–Trinajstić information content (AvgIpc) is 3.22. The van der Waals surface area contributed by atoms with Crippen LogP contribution in [0, 0.1) is 13.8 Å². The van der Waals surface area contributed by atoms with Gasteiger partial charge < -0.3 is 14.1 Å². The Bertz CT molecular complexity index is 749. The first kappa shape index (κ1) is 16.2. The Morgan fingerprint density at radius 3 is 3.00 bits per heavy atom. The van der Waals surface area contributed by atoms with E-state index in [0.29, 0.717) is 12.4 Å². The molecule has 4 heterocycles. The summed E-state index contributed by atoms with van der Waals surface area (Å²) in [7, 11) is 0. The molecule has 0 aromatic carbocycles. The summed E-state index contributed by atoms with van der Waals surface area (Å²) in [5, 5.41) is 3.13. The number of aryl methyl sites for hydroxylation is 2. The third kappa shape index (κ3) is 3.00. The molecule has 1 spiro atoms. The van der Waals surface area contributed by atoms with Crippen molar-refractivity contribution in [2.45, 2.75) is 37.7 Å². The molecule has 0 radical (unpaired) electrons. The fraction of sp³-hybridized carbons (Fsp3) is 0.529. The molecule has 2 aromatic rings. The van der Waals surface area contributed by atoms with Crippen molar-refractivity contribution in [3.8, 4) is 0 Å². The normalized spacial score (nSPS) is 22.1. The lowest BCUT2D eigenvalue weighted by molar-refractivity contribution is 0.0234. The number of carbonyl (C=O) groups excluding carboxylic acids is 1. The fourth-order valence-electron chi connectivity index (χ4n) is 3.34. The van der Waals surface area contributed by atoms with Crippen molar-refractivity contribution in [2.24, 2.45) is 0 Å². The minimum absolute atomic E-state index is 0.00559. The van der Waals surface area contributed by atoms with Crippen LogP contribution >= 0.6 is 23.1 Å². The minimum atomic E-state index is 0.00559. The fourth-order valence-corrected chi connectivity index (χ4v) is 5.48. The molecule has 0 N–H and O–H groups in total. The lowest BCUT2D eigenvalue weighted by Crippen LogP contribution is -2.60. The molecule has 0 aliphatic carbocycles. The molecular weight excluding hydrogens is 344 g/mol. The van der Waals surface area contributed by atoms with Crippen molar-refractivity contribution < 1.29 is 13.9 Å². The molecule has 5 nitrogen and oxygen atoms in total. The molecule has 1 unspecified atom stereocenters. The zero-order valence-electron chi connectivity index (χ0n) is 13.8. The first-order valence-electron chi connectivity index (χ1n) is 8.05. The molecule has 1 amide bonds. The molecule has 2 aliphatic heterocycles. The smallest absolute Gasteiger partial charge is 0.289 e. The van der Waals surface area contributed by atoms with Gasteiger partial charge in [0, 0.05) is 29.8 Å². The summed E-state index contributed by atoms with van der Waals surface area (Å²) in [6.07, 6.45) is 2.83. The zero-order valence-corrected chi connectivity index (χ0v) is 15.4. The number of carbonyl (C=O) groups is 1. The summed E-state index contributed by atoms with van der Waals surface area (Å²) >= 11 is 3.59. The van der Waals surface area contributed by atoms with Crippen LogP contribution in [0.2, 0.25) is 0 Å². The number of thiazole rings is 1. The number of hydrogen-bond acceptors (Lipinski definition) is 6. The topological polar surface area (TPSA) is 55.6 Å². The molecule has 128 valence electrons. The van der Waals surface area contributed by atoms with Crippen molar-refractivity contribution in [2.75, 3.05) is 18.8 Å². The first-order chi connectivity index (χ1) is 11.5. The summed E-state index contributed by atoms with van der Waals surface area (Å²) in [4.78, 5) is 18.7. The molecule has 4 rings (SSSR count). The van der Waals surface area contributed by atoms with Crippen LogP contribution in [0.3, 0.4) is 0 Å². The SMILES string of the molecule is Cc1nc(COC2CSC3(C2)CN(C(=O)c2occc2C)C3)cs1. The summed E-state index contributed by atoms with van der Waals surface area (Å²) in [6.45, 7) is 6.06. The van der Waals surface area contributed by atoms with Crippen molar-refractivity contribution in [1.29, 1.82) is 0 Å². The molecule has 0 saturated carbocycles. The van der Waals surface area contributed by atoms with Crippen LogP contribution in [0.25, 0.3) is 0 Å². The van der Waals surface area contributed by atoms with E-state index in [0.717, 1.165) is 41.5 Å². The Kier molecular flexibility index (Phi) is 4.18. The Hall–Kier alpha value is -1.31.